The van der Waals surface area contributed by atoms with Gasteiger partial charge in [0.15, 0.2) is 0 Å². The van der Waals surface area contributed by atoms with Gasteiger partial charge in [0.2, 0.25) is 5.91 Å². The van der Waals surface area contributed by atoms with Gasteiger partial charge in [-0.05, 0) is 73.7 Å². The predicted molar refractivity (Wildman–Crippen MR) is 184 cm³/mol. The van der Waals surface area contributed by atoms with E-state index in [2.05, 4.69) is 86.4 Å². The SMILES string of the molecule is C[C@@H]1[C@@H](NC(=O)[C@@H]2[C@H]([C@H](C)O)[C@H](COCC(=O)O)ON2Cc2cccc(CN(CCN(C)C)Cc3ccccc3)c2)C[C@H]2C[C@@H]1C2(C)C. The normalized spacial score (nSPS) is 28.7. The number of hydrogen-bond donors (Lipinski definition) is 3. The van der Waals surface area contributed by atoms with Crippen molar-refractivity contribution in [2.75, 3.05) is 40.4 Å². The molecule has 2 bridgehead atoms. The van der Waals surface area contributed by atoms with Crippen molar-refractivity contribution >= 4 is 11.9 Å². The van der Waals surface area contributed by atoms with Crippen molar-refractivity contribution in [3.05, 3.63) is 71.3 Å². The monoisotopic (exact) mass is 664 g/mol. The maximum atomic E-state index is 14.2. The second-order valence-corrected chi connectivity index (χ2v) is 15.3. The van der Waals surface area contributed by atoms with Gasteiger partial charge in [-0.25, -0.2) is 4.79 Å². The number of aliphatic carboxylic acids is 1. The van der Waals surface area contributed by atoms with Crippen molar-refractivity contribution in [1.29, 1.82) is 0 Å². The number of nitrogens with one attached hydrogen (secondary N) is 1. The van der Waals surface area contributed by atoms with Crippen LogP contribution >= 0.6 is 0 Å². The van der Waals surface area contributed by atoms with Crippen LogP contribution in [0.3, 0.4) is 0 Å². The maximum absolute atomic E-state index is 14.2. The average molecular weight is 665 g/mol. The lowest BCUT2D eigenvalue weighted by Gasteiger charge is -2.62. The number of carbonyl (C=O) groups excluding carboxylic acids is 1. The molecule has 4 aliphatic rings. The molecule has 3 saturated carbocycles. The third-order valence-corrected chi connectivity index (χ3v) is 11.2. The van der Waals surface area contributed by atoms with Crippen LogP contribution in [0.25, 0.3) is 0 Å². The van der Waals surface area contributed by atoms with Gasteiger partial charge in [0, 0.05) is 38.1 Å². The molecule has 0 spiro atoms. The summed E-state index contributed by atoms with van der Waals surface area (Å²) in [5.74, 6) is -0.321. The van der Waals surface area contributed by atoms with Crippen LogP contribution < -0.4 is 5.32 Å². The zero-order valence-corrected chi connectivity index (χ0v) is 29.5. The molecule has 8 atom stereocenters. The Morgan fingerprint density at radius 2 is 1.73 bits per heavy atom. The molecule has 4 fully saturated rings. The molecule has 6 rings (SSSR count). The Kier molecular flexibility index (Phi) is 12.0. The van der Waals surface area contributed by atoms with Crippen molar-refractivity contribution in [1.82, 2.24) is 20.2 Å². The van der Waals surface area contributed by atoms with E-state index in [4.69, 9.17) is 14.7 Å². The van der Waals surface area contributed by atoms with Crippen LogP contribution in [0.2, 0.25) is 0 Å². The summed E-state index contributed by atoms with van der Waals surface area (Å²) in [6.07, 6.45) is 0.609. The van der Waals surface area contributed by atoms with E-state index in [1.165, 1.54) is 12.0 Å². The minimum atomic E-state index is -1.08. The number of carbonyl (C=O) groups is 2. The summed E-state index contributed by atoms with van der Waals surface area (Å²) in [6, 6.07) is 18.2. The van der Waals surface area contributed by atoms with Gasteiger partial charge < -0.3 is 25.2 Å². The topological polar surface area (TPSA) is 115 Å². The molecule has 0 radical (unpaired) electrons. The number of carboxylic acids is 1. The number of aliphatic hydroxyl groups is 1. The lowest BCUT2D eigenvalue weighted by atomic mass is 9.45. The van der Waals surface area contributed by atoms with Crippen molar-refractivity contribution in [3.8, 4) is 0 Å². The number of likely N-dealkylation sites (N-methyl/N-ethyl adjacent to an activating group) is 1. The molecule has 1 aliphatic heterocycles. The number of ether oxygens (including phenoxy) is 1. The highest BCUT2D eigenvalue weighted by atomic mass is 16.7. The van der Waals surface area contributed by atoms with Crippen LogP contribution in [0, 0.1) is 29.1 Å². The Balaban J connectivity index is 1.34. The summed E-state index contributed by atoms with van der Waals surface area (Å²) in [4.78, 5) is 36.4. The molecular weight excluding hydrogens is 608 g/mol. The first-order chi connectivity index (χ1) is 22.8. The van der Waals surface area contributed by atoms with Crippen LogP contribution in [0.1, 0.15) is 57.2 Å². The lowest BCUT2D eigenvalue weighted by Crippen LogP contribution is -2.62. The molecule has 1 saturated heterocycles. The number of hydrogen-bond acceptors (Lipinski definition) is 8. The molecule has 0 aromatic heterocycles. The van der Waals surface area contributed by atoms with Crippen LogP contribution in [-0.4, -0.2) is 102 Å². The molecule has 2 aromatic rings. The second kappa shape index (κ2) is 15.8. The highest BCUT2D eigenvalue weighted by Gasteiger charge is 2.57. The summed E-state index contributed by atoms with van der Waals surface area (Å²) in [5.41, 5.74) is 3.71. The number of nitrogens with zero attached hydrogens (tertiary/aromatic N) is 3. The summed E-state index contributed by atoms with van der Waals surface area (Å²) < 4.78 is 5.44. The first kappa shape index (κ1) is 36.4. The van der Waals surface area contributed by atoms with E-state index in [1.54, 1.807) is 12.0 Å². The molecule has 3 N–H and O–H groups in total. The van der Waals surface area contributed by atoms with Gasteiger partial charge in [0.05, 0.1) is 19.3 Å². The van der Waals surface area contributed by atoms with Gasteiger partial charge in [0.25, 0.3) is 0 Å². The van der Waals surface area contributed by atoms with Crippen LogP contribution in [0.15, 0.2) is 54.6 Å². The van der Waals surface area contributed by atoms with E-state index in [9.17, 15) is 14.7 Å². The Labute approximate surface area is 286 Å². The fourth-order valence-corrected chi connectivity index (χ4v) is 8.39. The van der Waals surface area contributed by atoms with Gasteiger partial charge in [-0.1, -0.05) is 75.4 Å². The molecule has 48 heavy (non-hydrogen) atoms. The largest absolute Gasteiger partial charge is 0.480 e. The number of carboxylic acid groups (broad SMARTS) is 1. The number of hydroxylamine groups is 2. The first-order valence-electron chi connectivity index (χ1n) is 17.5. The zero-order chi connectivity index (χ0) is 34.6. The van der Waals surface area contributed by atoms with E-state index >= 15 is 0 Å². The van der Waals surface area contributed by atoms with Crippen LogP contribution in [0.5, 0.6) is 0 Å². The van der Waals surface area contributed by atoms with Crippen LogP contribution in [-0.2, 0) is 38.8 Å². The fraction of sp³-hybridized carbons (Fsp3) is 0.632. The van der Waals surface area contributed by atoms with E-state index in [1.807, 2.05) is 18.2 Å². The summed E-state index contributed by atoms with van der Waals surface area (Å²) in [6.45, 7) is 11.9. The van der Waals surface area contributed by atoms with Crippen molar-refractivity contribution in [2.45, 2.75) is 84.5 Å². The number of fused-ring (bicyclic) bond motifs is 2. The number of aliphatic hydroxyl groups excluding tert-OH is 1. The van der Waals surface area contributed by atoms with Gasteiger partial charge in [-0.15, -0.1) is 0 Å². The fourth-order valence-electron chi connectivity index (χ4n) is 8.39. The van der Waals surface area contributed by atoms with Gasteiger partial charge in [-0.2, -0.15) is 5.06 Å². The Morgan fingerprint density at radius 3 is 2.38 bits per heavy atom. The van der Waals surface area contributed by atoms with E-state index in [0.717, 1.165) is 43.7 Å². The minimum absolute atomic E-state index is 0.0410. The standard InChI is InChI=1S/C38H56N4O6/c1-25-31-18-30(38(31,3)4)19-32(25)39-37(46)36-35(26(2)43)33(23-47-24-34(44)45)48-42(36)22-29-14-10-13-28(17-29)21-41(16-15-40(5)6)20-27-11-8-7-9-12-27/h7-14,17,25-26,30-33,35-36,43H,15-16,18-24H2,1-6H3,(H,39,46)(H,44,45)/t25-,26-,30+,31-,32-,33-,35+,36-/m0/s1. The zero-order valence-electron chi connectivity index (χ0n) is 29.5. The average Bonchev–Trinajstić information content (AvgIpc) is 3.39. The molecule has 2 aromatic carbocycles. The Hall–Kier alpha value is -2.86. The number of rotatable bonds is 16. The Morgan fingerprint density at radius 1 is 1.04 bits per heavy atom. The molecule has 10 heteroatoms. The van der Waals surface area contributed by atoms with Crippen molar-refractivity contribution in [3.63, 3.8) is 0 Å². The smallest absolute Gasteiger partial charge is 0.329 e. The Bertz CT molecular complexity index is 1370. The molecular formula is C38H56N4O6. The van der Waals surface area contributed by atoms with E-state index in [0.29, 0.717) is 29.7 Å². The second-order valence-electron chi connectivity index (χ2n) is 15.3. The minimum Gasteiger partial charge on any atom is -0.480 e. The first-order valence-corrected chi connectivity index (χ1v) is 17.5. The third-order valence-electron chi connectivity index (χ3n) is 11.2. The molecule has 1 heterocycles. The van der Waals surface area contributed by atoms with Gasteiger partial charge in [-0.3, -0.25) is 14.5 Å². The van der Waals surface area contributed by atoms with Crippen molar-refractivity contribution in [2.24, 2.45) is 29.1 Å². The molecule has 264 valence electrons. The van der Waals surface area contributed by atoms with Gasteiger partial charge >= 0.3 is 5.97 Å². The number of amides is 1. The summed E-state index contributed by atoms with van der Waals surface area (Å²) in [7, 11) is 4.17. The molecule has 1 amide bonds. The van der Waals surface area contributed by atoms with Crippen LogP contribution in [0.4, 0.5) is 0 Å². The predicted octanol–water partition coefficient (Wildman–Crippen LogP) is 4.02. The summed E-state index contributed by atoms with van der Waals surface area (Å²) >= 11 is 0. The lowest BCUT2D eigenvalue weighted by molar-refractivity contribution is -0.187. The third kappa shape index (κ3) is 8.64. The maximum Gasteiger partial charge on any atom is 0.329 e. The molecule has 10 nitrogen and oxygen atoms in total. The van der Waals surface area contributed by atoms with E-state index in [-0.39, 0.29) is 18.6 Å². The van der Waals surface area contributed by atoms with E-state index < -0.39 is 36.7 Å². The highest BCUT2D eigenvalue weighted by Crippen LogP contribution is 2.61. The number of benzene rings is 2. The highest BCUT2D eigenvalue weighted by molar-refractivity contribution is 5.83. The quantitative estimate of drug-likeness (QED) is 0.245. The van der Waals surface area contributed by atoms with Gasteiger partial charge in [0.1, 0.15) is 18.8 Å². The molecule has 3 aliphatic carbocycles. The summed E-state index contributed by atoms with van der Waals surface area (Å²) in [5, 5.41) is 25.2. The van der Waals surface area contributed by atoms with Crippen molar-refractivity contribution < 1.29 is 29.4 Å². The molecule has 0 unspecified atom stereocenters.